The highest BCUT2D eigenvalue weighted by Crippen LogP contribution is 2.42. The maximum absolute atomic E-state index is 5.78. The summed E-state index contributed by atoms with van der Waals surface area (Å²) >= 11 is 5.78. The van der Waals surface area contributed by atoms with Crippen LogP contribution < -0.4 is 10.2 Å². The first-order chi connectivity index (χ1) is 14.3. The molecule has 3 aromatic heterocycles. The number of para-hydroxylation sites is 1. The Kier molecular flexibility index (Phi) is 4.54. The summed E-state index contributed by atoms with van der Waals surface area (Å²) in [5.74, 6) is 0. The molecule has 4 aromatic rings. The molecule has 2 atom stereocenters. The Hall–Kier alpha value is -3.51. The molecule has 0 amide bonds. The van der Waals surface area contributed by atoms with Gasteiger partial charge in [-0.15, -0.1) is 0 Å². The predicted octanol–water partition coefficient (Wildman–Crippen LogP) is 4.44. The molecular weight excluding hydrogens is 378 g/mol. The van der Waals surface area contributed by atoms with Gasteiger partial charge in [-0.3, -0.25) is 9.97 Å². The van der Waals surface area contributed by atoms with Crippen LogP contribution in [0.25, 0.3) is 5.69 Å². The molecule has 1 aliphatic heterocycles. The fourth-order valence-corrected chi connectivity index (χ4v) is 4.23. The highest BCUT2D eigenvalue weighted by atomic mass is 32.1. The maximum Gasteiger partial charge on any atom is 0.174 e. The van der Waals surface area contributed by atoms with Gasteiger partial charge in [-0.2, -0.15) is 0 Å². The Morgan fingerprint density at radius 1 is 0.828 bits per heavy atom. The fraction of sp³-hybridized carbons (Fsp3) is 0.0870. The van der Waals surface area contributed by atoms with Crippen LogP contribution in [0, 0.1) is 0 Å². The smallest absolute Gasteiger partial charge is 0.174 e. The van der Waals surface area contributed by atoms with Gasteiger partial charge in [-0.05, 0) is 60.7 Å². The molecule has 4 heterocycles. The lowest BCUT2D eigenvalue weighted by molar-refractivity contribution is 0.549. The lowest BCUT2D eigenvalue weighted by atomic mass is 10.0. The normalized spacial score (nSPS) is 18.6. The molecule has 0 spiro atoms. The van der Waals surface area contributed by atoms with Crippen LogP contribution in [0.3, 0.4) is 0 Å². The van der Waals surface area contributed by atoms with Crippen LogP contribution in [0.5, 0.6) is 0 Å². The van der Waals surface area contributed by atoms with Gasteiger partial charge in [0.15, 0.2) is 5.11 Å². The van der Waals surface area contributed by atoms with Crippen molar-refractivity contribution < 1.29 is 0 Å². The summed E-state index contributed by atoms with van der Waals surface area (Å²) in [6.07, 6.45) is 7.54. The van der Waals surface area contributed by atoms with E-state index in [-0.39, 0.29) is 12.1 Å². The van der Waals surface area contributed by atoms with Gasteiger partial charge in [0.05, 0.1) is 23.6 Å². The Bertz CT molecular complexity index is 1110. The van der Waals surface area contributed by atoms with Gasteiger partial charge >= 0.3 is 0 Å². The number of anilines is 1. The third-order valence-electron chi connectivity index (χ3n) is 5.14. The van der Waals surface area contributed by atoms with E-state index in [0.717, 1.165) is 22.8 Å². The zero-order valence-electron chi connectivity index (χ0n) is 15.6. The molecule has 29 heavy (non-hydrogen) atoms. The lowest BCUT2D eigenvalue weighted by Gasteiger charge is -2.29. The first-order valence-electron chi connectivity index (χ1n) is 9.46. The summed E-state index contributed by atoms with van der Waals surface area (Å²) in [5.41, 5.74) is 4.13. The van der Waals surface area contributed by atoms with Crippen LogP contribution in [0.2, 0.25) is 0 Å². The molecule has 6 heteroatoms. The van der Waals surface area contributed by atoms with Crippen molar-refractivity contribution in [2.75, 3.05) is 4.90 Å². The molecule has 1 aromatic carbocycles. The number of nitrogens with zero attached hydrogens (tertiary/aromatic N) is 4. The third-order valence-corrected chi connectivity index (χ3v) is 5.45. The fourth-order valence-electron chi connectivity index (χ4n) is 3.89. The Balaban J connectivity index is 1.67. The zero-order valence-corrected chi connectivity index (χ0v) is 16.4. The van der Waals surface area contributed by atoms with Crippen molar-refractivity contribution in [3.8, 4) is 5.69 Å². The zero-order chi connectivity index (χ0) is 19.6. The Morgan fingerprint density at radius 3 is 2.41 bits per heavy atom. The number of pyridine rings is 2. The van der Waals surface area contributed by atoms with Crippen LogP contribution in [0.15, 0.2) is 97.6 Å². The van der Waals surface area contributed by atoms with Crippen LogP contribution in [0.1, 0.15) is 23.5 Å². The van der Waals surface area contributed by atoms with Crippen molar-refractivity contribution in [2.45, 2.75) is 12.1 Å². The van der Waals surface area contributed by atoms with Crippen molar-refractivity contribution in [3.05, 3.63) is 109 Å². The number of hydrogen-bond acceptors (Lipinski definition) is 3. The molecule has 1 aliphatic rings. The minimum Gasteiger partial charge on any atom is -0.351 e. The topological polar surface area (TPSA) is 46.0 Å². The Morgan fingerprint density at radius 2 is 1.66 bits per heavy atom. The van der Waals surface area contributed by atoms with E-state index < -0.39 is 0 Å². The molecule has 5 nitrogen and oxygen atoms in total. The van der Waals surface area contributed by atoms with Gasteiger partial charge in [0.25, 0.3) is 0 Å². The standard InChI is InChI=1S/C23H19N5S/c29-23-26-21(19-11-4-5-14-25-19)22(28(23)17-8-2-1-3-9-17)20-12-7-15-27(20)18-10-6-13-24-16-18/h1-16,21-22H,(H,26,29). The summed E-state index contributed by atoms with van der Waals surface area (Å²) in [5, 5.41) is 4.19. The second-order valence-corrected chi connectivity index (χ2v) is 7.23. The minimum atomic E-state index is -0.0748. The molecule has 1 fully saturated rings. The van der Waals surface area contributed by atoms with E-state index >= 15 is 0 Å². The average molecular weight is 398 g/mol. The van der Waals surface area contributed by atoms with E-state index in [2.05, 4.69) is 61.3 Å². The largest absolute Gasteiger partial charge is 0.351 e. The monoisotopic (exact) mass is 397 g/mol. The second-order valence-electron chi connectivity index (χ2n) is 6.85. The molecule has 2 unspecified atom stereocenters. The van der Waals surface area contributed by atoms with Gasteiger partial charge < -0.3 is 14.8 Å². The quantitative estimate of drug-likeness (QED) is 0.516. The van der Waals surface area contributed by atoms with Crippen molar-refractivity contribution in [2.24, 2.45) is 0 Å². The molecule has 5 rings (SSSR count). The van der Waals surface area contributed by atoms with Crippen molar-refractivity contribution in [1.29, 1.82) is 0 Å². The van der Waals surface area contributed by atoms with Gasteiger partial charge in [0.2, 0.25) is 0 Å². The van der Waals surface area contributed by atoms with Gasteiger partial charge in [0, 0.05) is 30.0 Å². The predicted molar refractivity (Wildman–Crippen MR) is 118 cm³/mol. The summed E-state index contributed by atoms with van der Waals surface area (Å²) < 4.78 is 2.17. The SMILES string of the molecule is S=C1NC(c2ccccn2)C(c2cccn2-c2cccnc2)N1c1ccccc1. The van der Waals surface area contributed by atoms with Crippen LogP contribution >= 0.6 is 12.2 Å². The van der Waals surface area contributed by atoms with Crippen LogP contribution in [0.4, 0.5) is 5.69 Å². The maximum atomic E-state index is 5.78. The molecule has 142 valence electrons. The van der Waals surface area contributed by atoms with Crippen LogP contribution in [-0.4, -0.2) is 19.6 Å². The highest BCUT2D eigenvalue weighted by molar-refractivity contribution is 7.80. The molecule has 0 bridgehead atoms. The number of thiocarbonyl (C=S) groups is 1. The summed E-state index contributed by atoms with van der Waals surface area (Å²) in [4.78, 5) is 11.1. The number of hydrogen-bond donors (Lipinski definition) is 1. The van der Waals surface area contributed by atoms with Crippen molar-refractivity contribution >= 4 is 23.0 Å². The van der Waals surface area contributed by atoms with E-state index in [4.69, 9.17) is 12.2 Å². The molecule has 1 N–H and O–H groups in total. The summed E-state index contributed by atoms with van der Waals surface area (Å²) in [6, 6.07) is 24.3. The molecular formula is C23H19N5S. The number of benzene rings is 1. The number of rotatable bonds is 4. The van der Waals surface area contributed by atoms with E-state index in [1.54, 1.807) is 6.20 Å². The molecule has 0 saturated carbocycles. The highest BCUT2D eigenvalue weighted by Gasteiger charge is 2.42. The lowest BCUT2D eigenvalue weighted by Crippen LogP contribution is -2.30. The van der Waals surface area contributed by atoms with Crippen molar-refractivity contribution in [3.63, 3.8) is 0 Å². The van der Waals surface area contributed by atoms with Gasteiger partial charge in [0.1, 0.15) is 6.04 Å². The van der Waals surface area contributed by atoms with E-state index in [1.807, 2.05) is 54.9 Å². The molecule has 0 aliphatic carbocycles. The third kappa shape index (κ3) is 3.17. The van der Waals surface area contributed by atoms with E-state index in [0.29, 0.717) is 5.11 Å². The molecule has 1 saturated heterocycles. The van der Waals surface area contributed by atoms with Crippen LogP contribution in [-0.2, 0) is 0 Å². The van der Waals surface area contributed by atoms with Crippen molar-refractivity contribution in [1.82, 2.24) is 19.9 Å². The van der Waals surface area contributed by atoms with E-state index in [9.17, 15) is 0 Å². The second kappa shape index (κ2) is 7.48. The minimum absolute atomic E-state index is 0.0602. The molecule has 0 radical (unpaired) electrons. The first-order valence-corrected chi connectivity index (χ1v) is 9.87. The van der Waals surface area contributed by atoms with Gasteiger partial charge in [-0.25, -0.2) is 0 Å². The van der Waals surface area contributed by atoms with Gasteiger partial charge in [-0.1, -0.05) is 24.3 Å². The first kappa shape index (κ1) is 17.6. The Labute approximate surface area is 174 Å². The summed E-state index contributed by atoms with van der Waals surface area (Å²) in [7, 11) is 0. The number of aromatic nitrogens is 3. The number of nitrogens with one attached hydrogen (secondary N) is 1. The average Bonchev–Trinajstić information content (AvgIpc) is 3.40. The summed E-state index contributed by atoms with van der Waals surface area (Å²) in [6.45, 7) is 0. The van der Waals surface area contributed by atoms with E-state index in [1.165, 1.54) is 0 Å².